The van der Waals surface area contributed by atoms with Crippen molar-refractivity contribution >= 4 is 39.4 Å². The Kier molecular flexibility index (Phi) is 4.73. The van der Waals surface area contributed by atoms with Crippen molar-refractivity contribution in [2.24, 2.45) is 10.7 Å². The lowest BCUT2D eigenvalue weighted by molar-refractivity contribution is -0.128. The summed E-state index contributed by atoms with van der Waals surface area (Å²) in [6.07, 6.45) is 3.25. The Morgan fingerprint density at radius 3 is 2.77 bits per heavy atom. The third-order valence-electron chi connectivity index (χ3n) is 4.10. The van der Waals surface area contributed by atoms with E-state index in [4.69, 9.17) is 5.73 Å². The lowest BCUT2D eigenvalue weighted by atomic mass is 9.91. The summed E-state index contributed by atoms with van der Waals surface area (Å²) in [5, 5.41) is 2.77. The van der Waals surface area contributed by atoms with Crippen LogP contribution in [0.5, 0.6) is 0 Å². The highest BCUT2D eigenvalue weighted by molar-refractivity contribution is 9.10. The molecule has 1 aliphatic rings. The molecule has 3 heterocycles. The van der Waals surface area contributed by atoms with Crippen LogP contribution in [0.3, 0.4) is 0 Å². The molecular weight excluding hydrogens is 400 g/mol. The van der Waals surface area contributed by atoms with Gasteiger partial charge in [0.1, 0.15) is 11.2 Å². The standard InChI is InChI=1S/C17H17BrN6O2/c1-17(8-14(25)24(2)16(19)23-17)13-7-11(5-6-20-13)22-15(26)12-4-3-10(18)9-21-12/h3-7,9H,8H2,1-2H3,(H2,19,23)(H,20,22,26). The van der Waals surface area contributed by atoms with E-state index in [0.717, 1.165) is 4.47 Å². The molecule has 26 heavy (non-hydrogen) atoms. The van der Waals surface area contributed by atoms with Gasteiger partial charge in [0, 0.05) is 29.6 Å². The van der Waals surface area contributed by atoms with E-state index in [0.29, 0.717) is 11.4 Å². The van der Waals surface area contributed by atoms with Crippen LogP contribution >= 0.6 is 15.9 Å². The third kappa shape index (κ3) is 3.57. The minimum absolute atomic E-state index is 0.138. The molecular formula is C17H17BrN6O2. The zero-order chi connectivity index (χ0) is 18.9. The molecule has 1 unspecified atom stereocenters. The van der Waals surface area contributed by atoms with Gasteiger partial charge in [0.25, 0.3) is 5.91 Å². The van der Waals surface area contributed by atoms with Gasteiger partial charge in [-0.2, -0.15) is 0 Å². The number of pyridine rings is 2. The second-order valence-electron chi connectivity index (χ2n) is 6.12. The van der Waals surface area contributed by atoms with Crippen LogP contribution < -0.4 is 11.1 Å². The molecule has 0 fully saturated rings. The van der Waals surface area contributed by atoms with Gasteiger partial charge in [-0.15, -0.1) is 0 Å². The third-order valence-corrected chi connectivity index (χ3v) is 4.57. The molecule has 1 aliphatic heterocycles. The van der Waals surface area contributed by atoms with Gasteiger partial charge in [-0.05, 0) is 47.1 Å². The molecule has 2 amide bonds. The van der Waals surface area contributed by atoms with Gasteiger partial charge in [-0.25, -0.2) is 9.98 Å². The summed E-state index contributed by atoms with van der Waals surface area (Å²) in [6.45, 7) is 1.79. The number of rotatable bonds is 3. The number of nitrogens with zero attached hydrogens (tertiary/aromatic N) is 4. The number of anilines is 1. The minimum atomic E-state index is -0.885. The van der Waals surface area contributed by atoms with Crippen LogP contribution in [0, 0.1) is 0 Å². The van der Waals surface area contributed by atoms with Gasteiger partial charge in [0.2, 0.25) is 5.91 Å². The van der Waals surface area contributed by atoms with E-state index in [2.05, 4.69) is 36.2 Å². The smallest absolute Gasteiger partial charge is 0.274 e. The fourth-order valence-corrected chi connectivity index (χ4v) is 2.80. The summed E-state index contributed by atoms with van der Waals surface area (Å²) in [4.78, 5) is 38.5. The summed E-state index contributed by atoms with van der Waals surface area (Å²) in [5.41, 5.74) is 6.31. The molecule has 0 bridgehead atoms. The van der Waals surface area contributed by atoms with E-state index in [9.17, 15) is 9.59 Å². The van der Waals surface area contributed by atoms with E-state index >= 15 is 0 Å². The Morgan fingerprint density at radius 1 is 1.35 bits per heavy atom. The Bertz CT molecular complexity index is 898. The average molecular weight is 417 g/mol. The van der Waals surface area contributed by atoms with Gasteiger partial charge in [-0.3, -0.25) is 19.5 Å². The number of halogens is 1. The summed E-state index contributed by atoms with van der Waals surface area (Å²) in [7, 11) is 1.58. The molecule has 2 aromatic rings. The number of hydrogen-bond donors (Lipinski definition) is 2. The molecule has 3 N–H and O–H groups in total. The number of nitrogens with two attached hydrogens (primary N) is 1. The molecule has 0 saturated carbocycles. The molecule has 0 spiro atoms. The van der Waals surface area contributed by atoms with Crippen molar-refractivity contribution in [2.45, 2.75) is 18.9 Å². The van der Waals surface area contributed by atoms with Crippen molar-refractivity contribution < 1.29 is 9.59 Å². The molecule has 0 aromatic carbocycles. The summed E-state index contributed by atoms with van der Waals surface area (Å²) in [6, 6.07) is 6.70. The molecule has 0 radical (unpaired) electrons. The van der Waals surface area contributed by atoms with Crippen molar-refractivity contribution in [1.82, 2.24) is 14.9 Å². The average Bonchev–Trinajstić information content (AvgIpc) is 2.60. The molecule has 8 nitrogen and oxygen atoms in total. The Labute approximate surface area is 158 Å². The first-order chi connectivity index (χ1) is 12.3. The zero-order valence-corrected chi connectivity index (χ0v) is 15.8. The number of guanidine groups is 1. The van der Waals surface area contributed by atoms with E-state index in [1.165, 1.54) is 4.90 Å². The lowest BCUT2D eigenvalue weighted by Crippen LogP contribution is -2.47. The van der Waals surface area contributed by atoms with Crippen molar-refractivity contribution in [3.63, 3.8) is 0 Å². The fraction of sp³-hybridized carbons (Fsp3) is 0.235. The quantitative estimate of drug-likeness (QED) is 0.792. The van der Waals surface area contributed by atoms with Gasteiger partial charge >= 0.3 is 0 Å². The lowest BCUT2D eigenvalue weighted by Gasteiger charge is -2.32. The van der Waals surface area contributed by atoms with Gasteiger partial charge in [0.15, 0.2) is 5.96 Å². The zero-order valence-electron chi connectivity index (χ0n) is 14.2. The van der Waals surface area contributed by atoms with Crippen LogP contribution in [0.4, 0.5) is 5.69 Å². The number of amides is 2. The summed E-state index contributed by atoms with van der Waals surface area (Å²) >= 11 is 3.28. The van der Waals surface area contributed by atoms with Crippen LogP contribution in [0.15, 0.2) is 46.1 Å². The first-order valence-corrected chi connectivity index (χ1v) is 8.59. The minimum Gasteiger partial charge on any atom is -0.369 e. The molecule has 0 saturated heterocycles. The van der Waals surface area contributed by atoms with Gasteiger partial charge < -0.3 is 11.1 Å². The second-order valence-corrected chi connectivity index (χ2v) is 7.03. The van der Waals surface area contributed by atoms with E-state index in [1.54, 1.807) is 50.6 Å². The molecule has 134 valence electrons. The van der Waals surface area contributed by atoms with Crippen LogP contribution in [-0.4, -0.2) is 39.7 Å². The van der Waals surface area contributed by atoms with E-state index < -0.39 is 5.54 Å². The maximum Gasteiger partial charge on any atom is 0.274 e. The van der Waals surface area contributed by atoms with Gasteiger partial charge in [-0.1, -0.05) is 0 Å². The van der Waals surface area contributed by atoms with E-state index in [1.807, 2.05) is 0 Å². The Balaban J connectivity index is 1.85. The Morgan fingerprint density at radius 2 is 2.12 bits per heavy atom. The highest BCUT2D eigenvalue weighted by atomic mass is 79.9. The van der Waals surface area contributed by atoms with Gasteiger partial charge in [0.05, 0.1) is 12.1 Å². The van der Waals surface area contributed by atoms with Crippen molar-refractivity contribution in [3.8, 4) is 0 Å². The van der Waals surface area contributed by atoms with Crippen LogP contribution in [0.1, 0.15) is 29.5 Å². The summed E-state index contributed by atoms with van der Waals surface area (Å²) in [5.74, 6) is -0.350. The number of aromatic nitrogens is 2. The molecule has 1 atom stereocenters. The van der Waals surface area contributed by atoms with Crippen molar-refractivity contribution in [1.29, 1.82) is 0 Å². The molecule has 9 heteroatoms. The molecule has 2 aromatic heterocycles. The Hall–Kier alpha value is -2.81. The maximum absolute atomic E-state index is 12.3. The SMILES string of the molecule is CN1C(=O)CC(C)(c2cc(NC(=O)c3ccc(Br)cn3)ccn2)N=C1N. The largest absolute Gasteiger partial charge is 0.369 e. The first-order valence-electron chi connectivity index (χ1n) is 7.80. The van der Waals surface area contributed by atoms with E-state index in [-0.39, 0.29) is 29.9 Å². The van der Waals surface area contributed by atoms with Crippen LogP contribution in [0.25, 0.3) is 0 Å². The normalized spacial score (nSPS) is 19.9. The number of carbonyl (C=O) groups is 2. The maximum atomic E-state index is 12.3. The van der Waals surface area contributed by atoms with Crippen LogP contribution in [-0.2, 0) is 10.3 Å². The second kappa shape index (κ2) is 6.83. The molecule has 0 aliphatic carbocycles. The number of nitrogens with one attached hydrogen (secondary N) is 1. The molecule has 3 rings (SSSR count). The monoisotopic (exact) mass is 416 g/mol. The topological polar surface area (TPSA) is 114 Å². The van der Waals surface area contributed by atoms with Crippen molar-refractivity contribution in [2.75, 3.05) is 12.4 Å². The number of aliphatic imine (C=N–C) groups is 1. The number of carbonyl (C=O) groups excluding carboxylic acids is 2. The van der Waals surface area contributed by atoms with Crippen molar-refractivity contribution in [3.05, 3.63) is 52.5 Å². The predicted molar refractivity (Wildman–Crippen MR) is 100 cm³/mol. The highest BCUT2D eigenvalue weighted by Crippen LogP contribution is 2.32. The predicted octanol–water partition coefficient (Wildman–Crippen LogP) is 1.88. The summed E-state index contributed by atoms with van der Waals surface area (Å²) < 4.78 is 0.788. The highest BCUT2D eigenvalue weighted by Gasteiger charge is 2.37. The fourth-order valence-electron chi connectivity index (χ4n) is 2.56. The first kappa shape index (κ1) is 18.0. The van der Waals surface area contributed by atoms with Crippen LogP contribution in [0.2, 0.25) is 0 Å². The number of hydrogen-bond acceptors (Lipinski definition) is 6.